The predicted molar refractivity (Wildman–Crippen MR) is 83.9 cm³/mol. The van der Waals surface area contributed by atoms with Crippen molar-refractivity contribution in [2.24, 2.45) is 0 Å². The fourth-order valence-electron chi connectivity index (χ4n) is 2.90. The van der Waals surface area contributed by atoms with Crippen LogP contribution in [0.2, 0.25) is 0 Å². The van der Waals surface area contributed by atoms with Gasteiger partial charge in [0, 0.05) is 19.1 Å². The summed E-state index contributed by atoms with van der Waals surface area (Å²) in [7, 11) is 0. The van der Waals surface area contributed by atoms with Crippen LogP contribution in [0.5, 0.6) is 0 Å². The van der Waals surface area contributed by atoms with Gasteiger partial charge >= 0.3 is 0 Å². The molecule has 1 saturated heterocycles. The third-order valence-electron chi connectivity index (χ3n) is 4.08. The Morgan fingerprint density at radius 2 is 2.10 bits per heavy atom. The summed E-state index contributed by atoms with van der Waals surface area (Å²) in [6.45, 7) is 7.43. The molecule has 0 amide bonds. The molecule has 0 spiro atoms. The van der Waals surface area contributed by atoms with E-state index in [2.05, 4.69) is 46.4 Å². The molecule has 0 aromatic carbocycles. The van der Waals surface area contributed by atoms with Crippen molar-refractivity contribution in [1.82, 2.24) is 15.5 Å². The molecular formula is C16H28N4. The van der Waals surface area contributed by atoms with E-state index in [4.69, 9.17) is 0 Å². The molecule has 112 valence electrons. The Hall–Kier alpha value is -1.16. The lowest BCUT2D eigenvalue weighted by atomic mass is 10.1. The van der Waals surface area contributed by atoms with Crippen LogP contribution < -0.4 is 10.2 Å². The van der Waals surface area contributed by atoms with E-state index < -0.39 is 0 Å². The van der Waals surface area contributed by atoms with Crippen LogP contribution in [0.1, 0.15) is 58.1 Å². The van der Waals surface area contributed by atoms with E-state index in [1.165, 1.54) is 32.1 Å². The second-order valence-electron chi connectivity index (χ2n) is 5.66. The van der Waals surface area contributed by atoms with E-state index in [9.17, 15) is 0 Å². The first-order valence-electron chi connectivity index (χ1n) is 8.15. The van der Waals surface area contributed by atoms with Gasteiger partial charge in [0.05, 0.1) is 5.69 Å². The molecule has 1 atom stereocenters. The van der Waals surface area contributed by atoms with Crippen LogP contribution in [0.25, 0.3) is 0 Å². The quantitative estimate of drug-likeness (QED) is 0.810. The second kappa shape index (κ2) is 8.20. The lowest BCUT2D eigenvalue weighted by Crippen LogP contribution is -2.35. The monoisotopic (exact) mass is 276 g/mol. The van der Waals surface area contributed by atoms with Gasteiger partial charge in [-0.2, -0.15) is 5.10 Å². The number of rotatable bonds is 6. The molecule has 1 aliphatic rings. The van der Waals surface area contributed by atoms with Crippen molar-refractivity contribution in [3.63, 3.8) is 0 Å². The Bertz CT molecular complexity index is 377. The molecule has 2 rings (SSSR count). The molecule has 4 heteroatoms. The first kappa shape index (κ1) is 15.2. The average Bonchev–Trinajstić information content (AvgIpc) is 2.73. The third kappa shape index (κ3) is 4.17. The number of hydrogen-bond donors (Lipinski definition) is 1. The molecule has 1 unspecified atom stereocenters. The highest BCUT2D eigenvalue weighted by Crippen LogP contribution is 2.23. The van der Waals surface area contributed by atoms with Crippen LogP contribution in [0.3, 0.4) is 0 Å². The van der Waals surface area contributed by atoms with Crippen LogP contribution in [0.4, 0.5) is 5.82 Å². The Balaban J connectivity index is 1.99. The van der Waals surface area contributed by atoms with Gasteiger partial charge in [-0.3, -0.25) is 0 Å². The number of nitrogens with one attached hydrogen (secondary N) is 1. The number of anilines is 1. The molecule has 0 saturated carbocycles. The first-order chi connectivity index (χ1) is 9.85. The van der Waals surface area contributed by atoms with Crippen molar-refractivity contribution in [2.45, 2.75) is 65.0 Å². The zero-order chi connectivity index (χ0) is 14.2. The lowest BCUT2D eigenvalue weighted by molar-refractivity contribution is 0.549. The Labute approximate surface area is 123 Å². The van der Waals surface area contributed by atoms with Crippen LogP contribution >= 0.6 is 0 Å². The molecule has 1 fully saturated rings. The van der Waals surface area contributed by atoms with Crippen LogP contribution in [0, 0.1) is 0 Å². The molecule has 0 radical (unpaired) electrons. The van der Waals surface area contributed by atoms with Crippen LogP contribution in [-0.2, 0) is 6.54 Å². The van der Waals surface area contributed by atoms with Gasteiger partial charge in [-0.15, -0.1) is 5.10 Å². The van der Waals surface area contributed by atoms with E-state index in [1.54, 1.807) is 0 Å². The minimum absolute atomic E-state index is 0.635. The van der Waals surface area contributed by atoms with Crippen molar-refractivity contribution < 1.29 is 0 Å². The molecule has 1 aliphatic heterocycles. The predicted octanol–water partition coefficient (Wildman–Crippen LogP) is 3.14. The highest BCUT2D eigenvalue weighted by atomic mass is 15.3. The topological polar surface area (TPSA) is 41.0 Å². The van der Waals surface area contributed by atoms with E-state index in [0.717, 1.165) is 37.6 Å². The molecule has 0 aliphatic carbocycles. The van der Waals surface area contributed by atoms with Crippen molar-refractivity contribution in [3.8, 4) is 0 Å². The maximum Gasteiger partial charge on any atom is 0.151 e. The fraction of sp³-hybridized carbons (Fsp3) is 0.750. The van der Waals surface area contributed by atoms with Gasteiger partial charge < -0.3 is 10.2 Å². The normalized spacial score (nSPS) is 19.9. The minimum Gasteiger partial charge on any atom is -0.352 e. The SMILES string of the molecule is CCCNCc1ccc(N2CCCCCC2CC)nn1. The molecule has 2 heterocycles. The highest BCUT2D eigenvalue weighted by molar-refractivity contribution is 5.39. The van der Waals surface area contributed by atoms with Gasteiger partial charge in [-0.25, -0.2) is 0 Å². The second-order valence-corrected chi connectivity index (χ2v) is 5.66. The minimum atomic E-state index is 0.635. The molecule has 1 aromatic heterocycles. The van der Waals surface area contributed by atoms with E-state index in [-0.39, 0.29) is 0 Å². The lowest BCUT2D eigenvalue weighted by Gasteiger charge is -2.29. The Morgan fingerprint density at radius 3 is 2.80 bits per heavy atom. The summed E-state index contributed by atoms with van der Waals surface area (Å²) < 4.78 is 0. The van der Waals surface area contributed by atoms with Crippen LogP contribution in [-0.4, -0.2) is 29.3 Å². The van der Waals surface area contributed by atoms with Crippen molar-refractivity contribution in [3.05, 3.63) is 17.8 Å². The van der Waals surface area contributed by atoms with E-state index >= 15 is 0 Å². The number of nitrogens with zero attached hydrogens (tertiary/aromatic N) is 3. The first-order valence-corrected chi connectivity index (χ1v) is 8.15. The van der Waals surface area contributed by atoms with Gasteiger partial charge in [0.2, 0.25) is 0 Å². The maximum atomic E-state index is 4.46. The van der Waals surface area contributed by atoms with Crippen molar-refractivity contribution in [2.75, 3.05) is 18.0 Å². The molecule has 20 heavy (non-hydrogen) atoms. The maximum absolute atomic E-state index is 4.46. The largest absolute Gasteiger partial charge is 0.352 e. The third-order valence-corrected chi connectivity index (χ3v) is 4.08. The average molecular weight is 276 g/mol. The zero-order valence-corrected chi connectivity index (χ0v) is 12.9. The van der Waals surface area contributed by atoms with Gasteiger partial charge in [-0.1, -0.05) is 26.7 Å². The molecule has 1 N–H and O–H groups in total. The summed E-state index contributed by atoms with van der Waals surface area (Å²) in [5, 5.41) is 12.2. The van der Waals surface area contributed by atoms with E-state index in [1.807, 2.05) is 0 Å². The number of hydrogen-bond acceptors (Lipinski definition) is 4. The van der Waals surface area contributed by atoms with Crippen LogP contribution in [0.15, 0.2) is 12.1 Å². The zero-order valence-electron chi connectivity index (χ0n) is 12.9. The van der Waals surface area contributed by atoms with Crippen molar-refractivity contribution in [1.29, 1.82) is 0 Å². The van der Waals surface area contributed by atoms with Gasteiger partial charge in [0.1, 0.15) is 0 Å². The molecule has 1 aromatic rings. The fourth-order valence-corrected chi connectivity index (χ4v) is 2.90. The summed E-state index contributed by atoms with van der Waals surface area (Å²) in [5.74, 6) is 1.05. The summed E-state index contributed by atoms with van der Waals surface area (Å²) >= 11 is 0. The van der Waals surface area contributed by atoms with Gasteiger partial charge in [-0.05, 0) is 44.4 Å². The summed E-state index contributed by atoms with van der Waals surface area (Å²) in [6, 6.07) is 4.89. The summed E-state index contributed by atoms with van der Waals surface area (Å²) in [4.78, 5) is 2.46. The van der Waals surface area contributed by atoms with Crippen molar-refractivity contribution >= 4 is 5.82 Å². The molecule has 4 nitrogen and oxygen atoms in total. The van der Waals surface area contributed by atoms with Gasteiger partial charge in [0.15, 0.2) is 5.82 Å². The molecular weight excluding hydrogens is 248 g/mol. The smallest absolute Gasteiger partial charge is 0.151 e. The van der Waals surface area contributed by atoms with E-state index in [0.29, 0.717) is 6.04 Å². The summed E-state index contributed by atoms with van der Waals surface area (Å²) in [5.41, 5.74) is 1.03. The standard InChI is InChI=1S/C16H28N4/c1-3-11-17-13-14-9-10-16(19-18-14)20-12-7-5-6-8-15(20)4-2/h9-10,15,17H,3-8,11-13H2,1-2H3. The number of aromatic nitrogens is 2. The Morgan fingerprint density at radius 1 is 1.20 bits per heavy atom. The van der Waals surface area contributed by atoms with Gasteiger partial charge in [0.25, 0.3) is 0 Å². The molecule has 0 bridgehead atoms. The Kier molecular flexibility index (Phi) is 6.25. The summed E-state index contributed by atoms with van der Waals surface area (Å²) in [6.07, 6.45) is 7.61. The highest BCUT2D eigenvalue weighted by Gasteiger charge is 2.20.